The van der Waals surface area contributed by atoms with E-state index in [-0.39, 0.29) is 6.67 Å². The van der Waals surface area contributed by atoms with Gasteiger partial charge in [0.25, 0.3) is 0 Å². The molecule has 0 N–H and O–H groups in total. The van der Waals surface area contributed by atoms with Crippen LogP contribution in [0.4, 0.5) is 4.39 Å². The summed E-state index contributed by atoms with van der Waals surface area (Å²) in [4.78, 5) is 0. The Bertz CT molecular complexity index is 596. The van der Waals surface area contributed by atoms with Gasteiger partial charge in [-0.3, -0.25) is 4.39 Å². The zero-order chi connectivity index (χ0) is 18.2. The molecule has 0 heterocycles. The van der Waals surface area contributed by atoms with Gasteiger partial charge < -0.3 is 0 Å². The van der Waals surface area contributed by atoms with Gasteiger partial charge in [-0.15, -0.1) is 0 Å². The van der Waals surface area contributed by atoms with Crippen LogP contribution < -0.4 is 0 Å². The second-order valence-electron chi connectivity index (χ2n) is 8.28. The molecule has 0 unspecified atom stereocenters. The third kappa shape index (κ3) is 5.19. The lowest BCUT2D eigenvalue weighted by molar-refractivity contribution is 0.171. The second-order valence-corrected chi connectivity index (χ2v) is 8.28. The van der Waals surface area contributed by atoms with Gasteiger partial charge in [0.05, 0.1) is 18.3 Å². The second kappa shape index (κ2) is 9.91. The highest BCUT2D eigenvalue weighted by Crippen LogP contribution is 2.44. The number of halogens is 1. The Morgan fingerprint density at radius 2 is 1.54 bits per heavy atom. The molecular weight excluding hydrogens is 321 g/mol. The van der Waals surface area contributed by atoms with Gasteiger partial charge in [0.15, 0.2) is 0 Å². The minimum Gasteiger partial charge on any atom is -0.251 e. The summed E-state index contributed by atoms with van der Waals surface area (Å²) in [5.74, 6) is 3.27. The van der Waals surface area contributed by atoms with Crippen molar-refractivity contribution < 1.29 is 4.39 Å². The van der Waals surface area contributed by atoms with Crippen molar-refractivity contribution in [2.45, 2.75) is 70.1 Å². The van der Waals surface area contributed by atoms with Crippen LogP contribution in [-0.4, -0.2) is 6.67 Å². The SMILES string of the molecule is N#Cc1ccc(C2CCC([C@H]3CC[C@H](/C=C/CCCF)CC3)CC2)cc1. The predicted molar refractivity (Wildman–Crippen MR) is 106 cm³/mol. The number of rotatable bonds is 6. The Labute approximate surface area is 158 Å². The summed E-state index contributed by atoms with van der Waals surface area (Å²) in [5.41, 5.74) is 2.18. The molecule has 2 aliphatic carbocycles. The van der Waals surface area contributed by atoms with Gasteiger partial charge in [-0.2, -0.15) is 5.26 Å². The van der Waals surface area contributed by atoms with Crippen LogP contribution in [0.2, 0.25) is 0 Å². The minimum absolute atomic E-state index is 0.192. The molecule has 0 spiro atoms. The number of hydrogen-bond acceptors (Lipinski definition) is 1. The predicted octanol–water partition coefficient (Wildman–Crippen LogP) is 6.94. The number of nitrogens with zero attached hydrogens (tertiary/aromatic N) is 1. The molecule has 26 heavy (non-hydrogen) atoms. The van der Waals surface area contributed by atoms with Crippen LogP contribution in [0.25, 0.3) is 0 Å². The molecule has 0 aromatic heterocycles. The number of unbranched alkanes of at least 4 members (excludes halogenated alkanes) is 1. The summed E-state index contributed by atoms with van der Waals surface area (Å²) in [6, 6.07) is 10.4. The average Bonchev–Trinajstić information content (AvgIpc) is 2.72. The molecule has 0 atom stereocenters. The molecular formula is C24H32FN. The van der Waals surface area contributed by atoms with Crippen molar-refractivity contribution in [1.82, 2.24) is 0 Å². The third-order valence-electron chi connectivity index (χ3n) is 6.68. The van der Waals surface area contributed by atoms with E-state index in [1.807, 2.05) is 12.1 Å². The molecule has 1 nitrogen and oxygen atoms in total. The molecule has 0 bridgehead atoms. The van der Waals surface area contributed by atoms with E-state index >= 15 is 0 Å². The van der Waals surface area contributed by atoms with Gasteiger partial charge >= 0.3 is 0 Å². The number of benzene rings is 1. The van der Waals surface area contributed by atoms with E-state index < -0.39 is 0 Å². The lowest BCUT2D eigenvalue weighted by atomic mass is 9.68. The minimum atomic E-state index is -0.192. The lowest BCUT2D eigenvalue weighted by Gasteiger charge is -2.37. The lowest BCUT2D eigenvalue weighted by Crippen LogP contribution is -2.25. The Hall–Kier alpha value is -1.62. The number of allylic oxidation sites excluding steroid dienone is 2. The van der Waals surface area contributed by atoms with Gasteiger partial charge in [-0.05, 0) is 106 Å². The Morgan fingerprint density at radius 3 is 2.12 bits per heavy atom. The van der Waals surface area contributed by atoms with Gasteiger partial charge in [0, 0.05) is 0 Å². The van der Waals surface area contributed by atoms with Gasteiger partial charge in [-0.1, -0.05) is 24.3 Å². The van der Waals surface area contributed by atoms with Crippen molar-refractivity contribution in [3.8, 4) is 6.07 Å². The normalized spacial score (nSPS) is 29.5. The summed E-state index contributed by atoms with van der Waals surface area (Å²) in [6.07, 6.45) is 16.9. The first-order valence-electron chi connectivity index (χ1n) is 10.5. The fraction of sp³-hybridized carbons (Fsp3) is 0.625. The molecule has 1 aromatic rings. The molecule has 0 amide bonds. The van der Waals surface area contributed by atoms with Crippen LogP contribution in [0.1, 0.15) is 81.3 Å². The molecule has 1 aromatic carbocycles. The van der Waals surface area contributed by atoms with Crippen molar-refractivity contribution in [2.24, 2.45) is 17.8 Å². The molecule has 2 aliphatic rings. The van der Waals surface area contributed by atoms with E-state index in [9.17, 15) is 4.39 Å². The van der Waals surface area contributed by atoms with E-state index in [0.717, 1.165) is 29.7 Å². The van der Waals surface area contributed by atoms with Crippen LogP contribution in [0.15, 0.2) is 36.4 Å². The maximum Gasteiger partial charge on any atom is 0.0991 e. The first kappa shape index (κ1) is 19.2. The van der Waals surface area contributed by atoms with Gasteiger partial charge in [0.2, 0.25) is 0 Å². The van der Waals surface area contributed by atoms with Crippen LogP contribution in [-0.2, 0) is 0 Å². The highest BCUT2D eigenvalue weighted by molar-refractivity contribution is 5.33. The largest absolute Gasteiger partial charge is 0.251 e. The molecule has 2 heteroatoms. The average molecular weight is 354 g/mol. The van der Waals surface area contributed by atoms with E-state index in [1.165, 1.54) is 56.9 Å². The van der Waals surface area contributed by atoms with Gasteiger partial charge in [-0.25, -0.2) is 0 Å². The third-order valence-corrected chi connectivity index (χ3v) is 6.68. The monoisotopic (exact) mass is 353 g/mol. The zero-order valence-electron chi connectivity index (χ0n) is 15.9. The number of alkyl halides is 1. The first-order chi connectivity index (χ1) is 12.8. The summed E-state index contributed by atoms with van der Waals surface area (Å²) < 4.78 is 12.1. The Kier molecular flexibility index (Phi) is 7.30. The molecule has 140 valence electrons. The van der Waals surface area contributed by atoms with Crippen LogP contribution in [0.3, 0.4) is 0 Å². The molecule has 2 saturated carbocycles. The molecule has 0 aliphatic heterocycles. The fourth-order valence-electron chi connectivity index (χ4n) is 5.05. The van der Waals surface area contributed by atoms with Crippen LogP contribution in [0, 0.1) is 29.1 Å². The Balaban J connectivity index is 1.41. The molecule has 3 rings (SSSR count). The van der Waals surface area contributed by atoms with Crippen LogP contribution >= 0.6 is 0 Å². The molecule has 2 fully saturated rings. The standard InChI is InChI=1S/C24H32FN/c25-17-3-1-2-4-19-5-9-21(10-6-19)23-13-15-24(16-14-23)22-11-7-20(18-26)8-12-22/h2,4,7-8,11-12,19,21,23-24H,1,3,5-6,9-10,13-17H2/b4-2+/t19-,21-,23?,24?. The smallest absolute Gasteiger partial charge is 0.0991 e. The highest BCUT2D eigenvalue weighted by atomic mass is 19.1. The van der Waals surface area contributed by atoms with Crippen molar-refractivity contribution >= 4 is 0 Å². The first-order valence-corrected chi connectivity index (χ1v) is 10.5. The van der Waals surface area contributed by atoms with E-state index in [2.05, 4.69) is 30.4 Å². The van der Waals surface area contributed by atoms with E-state index in [0.29, 0.717) is 12.3 Å². The molecule has 0 radical (unpaired) electrons. The number of hydrogen-bond donors (Lipinski definition) is 0. The van der Waals surface area contributed by atoms with Gasteiger partial charge in [0.1, 0.15) is 0 Å². The molecule has 0 saturated heterocycles. The van der Waals surface area contributed by atoms with Crippen molar-refractivity contribution in [2.75, 3.05) is 6.67 Å². The van der Waals surface area contributed by atoms with Crippen molar-refractivity contribution in [1.29, 1.82) is 5.26 Å². The van der Waals surface area contributed by atoms with Crippen molar-refractivity contribution in [3.63, 3.8) is 0 Å². The quantitative estimate of drug-likeness (QED) is 0.401. The summed E-state index contributed by atoms with van der Waals surface area (Å²) in [7, 11) is 0. The van der Waals surface area contributed by atoms with Crippen molar-refractivity contribution in [3.05, 3.63) is 47.5 Å². The summed E-state index contributed by atoms with van der Waals surface area (Å²) >= 11 is 0. The summed E-state index contributed by atoms with van der Waals surface area (Å²) in [6.45, 7) is -0.192. The maximum absolute atomic E-state index is 12.1. The van der Waals surface area contributed by atoms with Crippen LogP contribution in [0.5, 0.6) is 0 Å². The fourth-order valence-corrected chi connectivity index (χ4v) is 5.05. The number of nitriles is 1. The summed E-state index contributed by atoms with van der Waals surface area (Å²) in [5, 5.41) is 8.94. The topological polar surface area (TPSA) is 23.8 Å². The maximum atomic E-state index is 12.1. The highest BCUT2D eigenvalue weighted by Gasteiger charge is 2.30. The Morgan fingerprint density at radius 1 is 0.923 bits per heavy atom. The van der Waals surface area contributed by atoms with E-state index in [4.69, 9.17) is 5.26 Å². The zero-order valence-corrected chi connectivity index (χ0v) is 15.9. The van der Waals surface area contributed by atoms with E-state index in [1.54, 1.807) is 0 Å².